The third kappa shape index (κ3) is 4.24. The van der Waals surface area contributed by atoms with Crippen LogP contribution in [0.5, 0.6) is 0 Å². The molecule has 3 aromatic rings. The van der Waals surface area contributed by atoms with Crippen molar-refractivity contribution >= 4 is 17.4 Å². The molecule has 2 aliphatic rings. The number of oxime groups is 1. The molecule has 1 fully saturated rings. The van der Waals surface area contributed by atoms with Gasteiger partial charge in [0, 0.05) is 38.0 Å². The molecule has 5 nitrogen and oxygen atoms in total. The molecule has 0 atom stereocenters. The van der Waals surface area contributed by atoms with Crippen molar-refractivity contribution in [1.82, 2.24) is 4.90 Å². The predicted molar refractivity (Wildman–Crippen MR) is 128 cm³/mol. The van der Waals surface area contributed by atoms with Crippen LogP contribution in [0.15, 0.2) is 84.0 Å². The Morgan fingerprint density at radius 1 is 0.875 bits per heavy atom. The molecule has 0 saturated carbocycles. The SMILES string of the molecule is Cc1ccc(C2=NOC3(CCN(C(=O)Nc4ccc(-c5ccccc5)cc4)CC3)C2)cc1. The van der Waals surface area contributed by atoms with Crippen molar-refractivity contribution in [1.29, 1.82) is 0 Å². The summed E-state index contributed by atoms with van der Waals surface area (Å²) in [6.07, 6.45) is 2.37. The van der Waals surface area contributed by atoms with Crippen LogP contribution in [0.2, 0.25) is 0 Å². The average Bonchev–Trinajstić information content (AvgIpc) is 3.24. The average molecular weight is 426 g/mol. The lowest BCUT2D eigenvalue weighted by molar-refractivity contribution is -0.0544. The van der Waals surface area contributed by atoms with Crippen LogP contribution >= 0.6 is 0 Å². The van der Waals surface area contributed by atoms with E-state index in [1.807, 2.05) is 47.4 Å². The van der Waals surface area contributed by atoms with E-state index < -0.39 is 0 Å². The Hall–Kier alpha value is -3.60. The van der Waals surface area contributed by atoms with E-state index in [2.05, 4.69) is 53.8 Å². The molecule has 5 heteroatoms. The van der Waals surface area contributed by atoms with E-state index in [-0.39, 0.29) is 11.6 Å². The maximum atomic E-state index is 12.8. The lowest BCUT2D eigenvalue weighted by Crippen LogP contribution is -2.48. The van der Waals surface area contributed by atoms with Crippen LogP contribution < -0.4 is 5.32 Å². The van der Waals surface area contributed by atoms with Gasteiger partial charge in [-0.05, 0) is 35.7 Å². The highest BCUT2D eigenvalue weighted by atomic mass is 16.7. The highest BCUT2D eigenvalue weighted by Crippen LogP contribution is 2.36. The number of nitrogens with one attached hydrogen (secondary N) is 1. The van der Waals surface area contributed by atoms with Crippen LogP contribution in [0.3, 0.4) is 0 Å². The van der Waals surface area contributed by atoms with Crippen molar-refractivity contribution in [3.05, 3.63) is 90.0 Å². The van der Waals surface area contributed by atoms with Crippen LogP contribution in [0.25, 0.3) is 11.1 Å². The summed E-state index contributed by atoms with van der Waals surface area (Å²) in [5.41, 5.74) is 6.16. The standard InChI is InChI=1S/C27H27N3O2/c1-20-7-9-23(10-8-20)25-19-27(32-29-25)15-17-30(18-16-27)26(31)28-24-13-11-22(12-14-24)21-5-3-2-4-6-21/h2-14H,15-19H2,1H3,(H,28,31). The number of carbonyl (C=O) groups excluding carboxylic acids is 1. The Labute approximate surface area is 188 Å². The fourth-order valence-electron chi connectivity index (χ4n) is 4.39. The van der Waals surface area contributed by atoms with E-state index in [0.717, 1.165) is 47.4 Å². The third-order valence-electron chi connectivity index (χ3n) is 6.43. The molecular weight excluding hydrogens is 398 g/mol. The summed E-state index contributed by atoms with van der Waals surface area (Å²) in [5.74, 6) is 0. The van der Waals surface area contributed by atoms with Crippen LogP contribution in [0.1, 0.15) is 30.4 Å². The van der Waals surface area contributed by atoms with Gasteiger partial charge in [0.1, 0.15) is 5.60 Å². The molecule has 0 unspecified atom stereocenters. The number of aryl methyl sites for hydroxylation is 1. The smallest absolute Gasteiger partial charge is 0.321 e. The number of benzene rings is 3. The number of amides is 2. The van der Waals surface area contributed by atoms with Gasteiger partial charge in [0.05, 0.1) is 5.71 Å². The lowest BCUT2D eigenvalue weighted by atomic mass is 9.85. The molecule has 5 rings (SSSR count). The van der Waals surface area contributed by atoms with Gasteiger partial charge < -0.3 is 15.1 Å². The normalized spacial score (nSPS) is 17.0. The first kappa shape index (κ1) is 20.3. The zero-order valence-electron chi connectivity index (χ0n) is 18.3. The highest BCUT2D eigenvalue weighted by molar-refractivity contribution is 6.01. The Bertz CT molecular complexity index is 1110. The van der Waals surface area contributed by atoms with Gasteiger partial charge in [-0.3, -0.25) is 0 Å². The Morgan fingerprint density at radius 2 is 1.50 bits per heavy atom. The van der Waals surface area contributed by atoms with Crippen molar-refractivity contribution in [2.24, 2.45) is 5.16 Å². The molecule has 1 saturated heterocycles. The Kier molecular flexibility index (Phi) is 5.39. The maximum absolute atomic E-state index is 12.8. The minimum Gasteiger partial charge on any atom is -0.388 e. The summed E-state index contributed by atoms with van der Waals surface area (Å²) < 4.78 is 0. The molecule has 1 N–H and O–H groups in total. The molecule has 2 amide bonds. The quantitative estimate of drug-likeness (QED) is 0.572. The number of anilines is 1. The largest absolute Gasteiger partial charge is 0.388 e. The zero-order chi connectivity index (χ0) is 22.0. The number of hydrogen-bond donors (Lipinski definition) is 1. The summed E-state index contributed by atoms with van der Waals surface area (Å²) in [6, 6.07) is 26.5. The summed E-state index contributed by atoms with van der Waals surface area (Å²) >= 11 is 0. The molecule has 3 aromatic carbocycles. The summed E-state index contributed by atoms with van der Waals surface area (Å²) in [5, 5.41) is 7.41. The van der Waals surface area contributed by atoms with Crippen molar-refractivity contribution in [3.8, 4) is 11.1 Å². The van der Waals surface area contributed by atoms with Gasteiger partial charge in [-0.25, -0.2) is 4.79 Å². The van der Waals surface area contributed by atoms with Crippen molar-refractivity contribution in [2.75, 3.05) is 18.4 Å². The summed E-state index contributed by atoms with van der Waals surface area (Å²) in [6.45, 7) is 3.39. The number of rotatable bonds is 3. The second kappa shape index (κ2) is 8.50. The molecule has 2 aliphatic heterocycles. The molecule has 0 bridgehead atoms. The van der Waals surface area contributed by atoms with E-state index in [1.165, 1.54) is 5.56 Å². The van der Waals surface area contributed by atoms with Crippen molar-refractivity contribution in [2.45, 2.75) is 31.8 Å². The minimum atomic E-state index is -0.283. The fourth-order valence-corrected chi connectivity index (χ4v) is 4.39. The second-order valence-corrected chi connectivity index (χ2v) is 8.72. The molecule has 0 radical (unpaired) electrons. The maximum Gasteiger partial charge on any atom is 0.321 e. The topological polar surface area (TPSA) is 53.9 Å². The minimum absolute atomic E-state index is 0.0648. The number of hydrogen-bond acceptors (Lipinski definition) is 3. The van der Waals surface area contributed by atoms with Crippen molar-refractivity contribution < 1.29 is 9.63 Å². The zero-order valence-corrected chi connectivity index (χ0v) is 18.3. The lowest BCUT2D eigenvalue weighted by Gasteiger charge is -2.37. The molecular formula is C27H27N3O2. The number of piperidine rings is 1. The summed E-state index contributed by atoms with van der Waals surface area (Å²) in [7, 11) is 0. The van der Waals surface area contributed by atoms with Crippen LogP contribution in [-0.2, 0) is 4.84 Å². The van der Waals surface area contributed by atoms with Gasteiger partial charge in [-0.1, -0.05) is 77.4 Å². The van der Waals surface area contributed by atoms with Gasteiger partial charge in [-0.2, -0.15) is 0 Å². The molecule has 1 spiro atoms. The van der Waals surface area contributed by atoms with Crippen molar-refractivity contribution in [3.63, 3.8) is 0 Å². The van der Waals surface area contributed by atoms with Crippen LogP contribution in [0.4, 0.5) is 10.5 Å². The summed E-state index contributed by atoms with van der Waals surface area (Å²) in [4.78, 5) is 20.6. The fraction of sp³-hybridized carbons (Fsp3) is 0.259. The first-order valence-electron chi connectivity index (χ1n) is 11.1. The molecule has 162 valence electrons. The Balaban J connectivity index is 1.15. The van der Waals surface area contributed by atoms with Gasteiger partial charge in [0.25, 0.3) is 0 Å². The predicted octanol–water partition coefficient (Wildman–Crippen LogP) is 5.85. The van der Waals surface area contributed by atoms with Gasteiger partial charge >= 0.3 is 6.03 Å². The third-order valence-corrected chi connectivity index (χ3v) is 6.43. The first-order valence-corrected chi connectivity index (χ1v) is 11.1. The van der Waals surface area contributed by atoms with Crippen LogP contribution in [-0.4, -0.2) is 35.3 Å². The number of likely N-dealkylation sites (tertiary alicyclic amines) is 1. The van der Waals surface area contributed by atoms with Gasteiger partial charge in [-0.15, -0.1) is 0 Å². The van der Waals surface area contributed by atoms with E-state index in [9.17, 15) is 4.79 Å². The first-order chi connectivity index (χ1) is 15.6. The Morgan fingerprint density at radius 3 is 2.19 bits per heavy atom. The van der Waals surface area contributed by atoms with Gasteiger partial charge in [0.15, 0.2) is 0 Å². The van der Waals surface area contributed by atoms with Gasteiger partial charge in [0.2, 0.25) is 0 Å². The molecule has 0 aliphatic carbocycles. The van der Waals surface area contributed by atoms with E-state index in [1.54, 1.807) is 0 Å². The van der Waals surface area contributed by atoms with E-state index >= 15 is 0 Å². The van der Waals surface area contributed by atoms with E-state index in [0.29, 0.717) is 13.1 Å². The molecule has 32 heavy (non-hydrogen) atoms. The molecule has 0 aromatic heterocycles. The monoisotopic (exact) mass is 425 g/mol. The van der Waals surface area contributed by atoms with Crippen LogP contribution in [0, 0.1) is 6.92 Å². The molecule has 2 heterocycles. The number of urea groups is 1. The highest BCUT2D eigenvalue weighted by Gasteiger charge is 2.43. The number of nitrogens with zero attached hydrogens (tertiary/aromatic N) is 2. The number of carbonyl (C=O) groups is 1. The van der Waals surface area contributed by atoms with E-state index in [4.69, 9.17) is 4.84 Å². The second-order valence-electron chi connectivity index (χ2n) is 8.72.